The highest BCUT2D eigenvalue weighted by atomic mass is 33.1. The topological polar surface area (TPSA) is 222 Å². The minimum Gasteiger partial charge on any atom is -0.461 e. The van der Waals surface area contributed by atoms with Crippen LogP contribution in [0.25, 0.3) is 0 Å². The lowest BCUT2D eigenvalue weighted by atomic mass is 9.99. The van der Waals surface area contributed by atoms with Gasteiger partial charge in [0.2, 0.25) is 0 Å². The lowest BCUT2D eigenvalue weighted by molar-refractivity contribution is -0.242. The van der Waals surface area contributed by atoms with Crippen LogP contribution in [0.2, 0.25) is 0 Å². The molecule has 6 heterocycles. The van der Waals surface area contributed by atoms with E-state index in [1.807, 2.05) is 36.4 Å². The molecule has 2 N–H and O–H groups in total. The number of esters is 2. The van der Waals surface area contributed by atoms with Crippen LogP contribution >= 0.6 is 21.6 Å². The lowest BCUT2D eigenvalue weighted by Crippen LogP contribution is -2.56. The molecule has 2 amide bonds. The van der Waals surface area contributed by atoms with Crippen LogP contribution < -0.4 is 10.6 Å². The quantitative estimate of drug-likeness (QED) is 0.0937. The monoisotopic (exact) mass is 992 g/mol. The molecule has 6 fully saturated rings. The second-order valence-corrected chi connectivity index (χ2v) is 21.3. The third-order valence-electron chi connectivity index (χ3n) is 11.4. The number of carbonyl (C=O) groups excluding carboxylic acids is 4. The van der Waals surface area contributed by atoms with Gasteiger partial charge in [-0.15, -0.1) is 0 Å². The Morgan fingerprint density at radius 2 is 0.824 bits per heavy atom. The first-order valence-electron chi connectivity index (χ1n) is 22.5. The van der Waals surface area contributed by atoms with Crippen molar-refractivity contribution in [3.63, 3.8) is 0 Å². The van der Waals surface area contributed by atoms with E-state index in [2.05, 4.69) is 10.6 Å². The van der Waals surface area contributed by atoms with Gasteiger partial charge in [-0.2, -0.15) is 0 Å². The predicted octanol–water partition coefficient (Wildman–Crippen LogP) is 4.84. The van der Waals surface area contributed by atoms with Crippen LogP contribution in [0.5, 0.6) is 0 Å². The average molecular weight is 993 g/mol. The van der Waals surface area contributed by atoms with Crippen molar-refractivity contribution in [3.8, 4) is 0 Å². The van der Waals surface area contributed by atoms with Crippen LogP contribution in [-0.4, -0.2) is 145 Å². The largest absolute Gasteiger partial charge is 0.461 e. The Balaban J connectivity index is 0.910. The zero-order chi connectivity index (χ0) is 48.4. The van der Waals surface area contributed by atoms with Crippen molar-refractivity contribution in [2.24, 2.45) is 0 Å². The summed E-state index contributed by atoms with van der Waals surface area (Å²) in [6, 6.07) is 15.6. The summed E-state index contributed by atoms with van der Waals surface area (Å²) in [5.41, 5.74) is 1.48. The predicted molar refractivity (Wildman–Crippen MR) is 239 cm³/mol. The number of alkyl carbamates (subject to hydrolysis) is 2. The molecular weight excluding hydrogens is 933 g/mol. The molecule has 20 nitrogen and oxygen atoms in total. The molecule has 6 saturated heterocycles. The van der Waals surface area contributed by atoms with Gasteiger partial charge in [0.15, 0.2) is 35.7 Å². The van der Waals surface area contributed by atoms with Crippen LogP contribution in [0.4, 0.5) is 9.59 Å². The number of benzene rings is 2. The summed E-state index contributed by atoms with van der Waals surface area (Å²) in [5, 5.41) is 5.22. The van der Waals surface area contributed by atoms with Gasteiger partial charge in [0, 0.05) is 11.5 Å². The first-order chi connectivity index (χ1) is 32.2. The third-order valence-corrected chi connectivity index (χ3v) is 13.8. The van der Waals surface area contributed by atoms with Crippen molar-refractivity contribution in [3.05, 3.63) is 71.8 Å². The number of amides is 2. The lowest BCUT2D eigenvalue weighted by Gasteiger charge is -2.37. The summed E-state index contributed by atoms with van der Waals surface area (Å²) in [5.74, 6) is -5.57. The van der Waals surface area contributed by atoms with E-state index in [1.165, 1.54) is 0 Å². The minimum atomic E-state index is -1.25. The average Bonchev–Trinajstić information content (AvgIpc) is 4.00. The maximum absolute atomic E-state index is 13.9. The highest BCUT2D eigenvalue weighted by Crippen LogP contribution is 2.46. The Hall–Kier alpha value is -3.78. The van der Waals surface area contributed by atoms with Crippen molar-refractivity contribution in [1.29, 1.82) is 0 Å². The molecule has 2 aromatic carbocycles. The van der Waals surface area contributed by atoms with E-state index in [-0.39, 0.29) is 37.9 Å². The molecule has 22 heteroatoms. The van der Waals surface area contributed by atoms with Gasteiger partial charge in [0.25, 0.3) is 0 Å². The second kappa shape index (κ2) is 20.9. The standard InChI is InChI=1S/C46H60N2O18S2/c1-43(2)59-31-29(57-39-35(33(31)61-43)63-45(5,6)65-39)21-53-37(49)27(47-41(51)55-19-25-15-11-9-12-16-25)23-67-68-24-28(48-42(52)56-20-26-17-13-10-14-18-26)38(50)54-22-30-32-34(62-44(3,4)60-32)36-40(58-30)66-46(7,8)64-36/h9-18,27-36,39-40H,19-24H2,1-8H3,(H,47,51)(H,48,52)/t27-,28+,29?,30?,31?,32?,33?,34?,35?,36?,39?,40?. The van der Waals surface area contributed by atoms with Gasteiger partial charge in [-0.3, -0.25) is 0 Å². The summed E-state index contributed by atoms with van der Waals surface area (Å²) in [7, 11) is 2.26. The van der Waals surface area contributed by atoms with Gasteiger partial charge < -0.3 is 76.9 Å². The number of fused-ring (bicyclic) bond motifs is 6. The summed E-state index contributed by atoms with van der Waals surface area (Å²) < 4.78 is 83.8. The van der Waals surface area contributed by atoms with E-state index in [0.29, 0.717) is 0 Å². The van der Waals surface area contributed by atoms with E-state index in [9.17, 15) is 19.2 Å². The van der Waals surface area contributed by atoms with Crippen molar-refractivity contribution >= 4 is 45.7 Å². The smallest absolute Gasteiger partial charge is 0.408 e. The van der Waals surface area contributed by atoms with Crippen molar-refractivity contribution < 1.29 is 85.5 Å². The molecule has 0 aromatic heterocycles. The van der Waals surface area contributed by atoms with Crippen LogP contribution in [-0.2, 0) is 89.1 Å². The van der Waals surface area contributed by atoms with E-state index < -0.39 is 121 Å². The zero-order valence-electron chi connectivity index (χ0n) is 39.1. The van der Waals surface area contributed by atoms with E-state index in [0.717, 1.165) is 32.7 Å². The number of ether oxygens (including phenoxy) is 14. The molecule has 0 aliphatic carbocycles. The highest BCUT2D eigenvalue weighted by molar-refractivity contribution is 8.76. The van der Waals surface area contributed by atoms with Crippen molar-refractivity contribution in [2.45, 2.75) is 165 Å². The molecule has 6 aliphatic heterocycles. The Bertz CT molecular complexity index is 1940. The van der Waals surface area contributed by atoms with Crippen LogP contribution in [0.15, 0.2) is 60.7 Å². The number of hydrogen-bond acceptors (Lipinski definition) is 20. The number of rotatable bonds is 17. The molecule has 0 spiro atoms. The fourth-order valence-electron chi connectivity index (χ4n) is 8.57. The molecule has 0 saturated carbocycles. The molecule has 10 unspecified atom stereocenters. The molecule has 12 atom stereocenters. The number of carbonyl (C=O) groups is 4. The molecule has 6 aliphatic rings. The first kappa shape index (κ1) is 50.6. The minimum absolute atomic E-state index is 0.0521. The maximum atomic E-state index is 13.9. The molecule has 374 valence electrons. The van der Waals surface area contributed by atoms with Crippen LogP contribution in [0.3, 0.4) is 0 Å². The Labute approximate surface area is 402 Å². The first-order valence-corrected chi connectivity index (χ1v) is 25.0. The van der Waals surface area contributed by atoms with Crippen LogP contribution in [0, 0.1) is 0 Å². The zero-order valence-corrected chi connectivity index (χ0v) is 40.7. The highest BCUT2D eigenvalue weighted by Gasteiger charge is 2.62. The fraction of sp³-hybridized carbons (Fsp3) is 0.652. The van der Waals surface area contributed by atoms with Crippen molar-refractivity contribution in [1.82, 2.24) is 10.6 Å². The Morgan fingerprint density at radius 3 is 1.21 bits per heavy atom. The Morgan fingerprint density at radius 1 is 0.485 bits per heavy atom. The SMILES string of the molecule is CC1(C)OC2OC(COC(=O)[C@H](CSSC[C@@H](NC(=O)OCc3ccccc3)C(=O)OCC3OC4OC(C)(C)OC4C4OC(C)(C)OC34)NC(=O)OCc3ccccc3)C3OC(C)(C)OC3C2O1. The normalized spacial score (nSPS) is 32.0. The molecule has 8 rings (SSSR count). The van der Waals surface area contributed by atoms with Crippen molar-refractivity contribution in [2.75, 3.05) is 24.7 Å². The third kappa shape index (κ3) is 12.8. The summed E-state index contributed by atoms with van der Waals surface area (Å²) in [6.45, 7) is 13.5. The van der Waals surface area contributed by atoms with Gasteiger partial charge in [0.1, 0.15) is 87.3 Å². The van der Waals surface area contributed by atoms with E-state index in [4.69, 9.17) is 66.3 Å². The van der Waals surface area contributed by atoms with E-state index >= 15 is 0 Å². The van der Waals surface area contributed by atoms with Crippen LogP contribution in [0.1, 0.15) is 66.5 Å². The molecule has 2 aromatic rings. The second-order valence-electron chi connectivity index (χ2n) is 18.8. The van der Waals surface area contributed by atoms with Gasteiger partial charge in [-0.05, 0) is 66.5 Å². The molecule has 0 bridgehead atoms. The summed E-state index contributed by atoms with van der Waals surface area (Å²) >= 11 is 0. The molecule has 0 radical (unpaired) electrons. The summed E-state index contributed by atoms with van der Waals surface area (Å²) in [6.07, 6.45) is -8.65. The fourth-order valence-corrected chi connectivity index (χ4v) is 10.9. The van der Waals surface area contributed by atoms with Gasteiger partial charge in [-0.1, -0.05) is 82.3 Å². The maximum Gasteiger partial charge on any atom is 0.408 e. The van der Waals surface area contributed by atoms with Gasteiger partial charge in [-0.25, -0.2) is 19.2 Å². The number of nitrogens with one attached hydrogen (secondary N) is 2. The molecule has 68 heavy (non-hydrogen) atoms. The molecular formula is C46H60N2O18S2. The van der Waals surface area contributed by atoms with E-state index in [1.54, 1.807) is 79.7 Å². The Kier molecular flexibility index (Phi) is 15.6. The van der Waals surface area contributed by atoms with Gasteiger partial charge >= 0.3 is 24.1 Å². The number of hydrogen-bond donors (Lipinski definition) is 2. The van der Waals surface area contributed by atoms with Gasteiger partial charge in [0.05, 0.1) is 0 Å². The summed E-state index contributed by atoms with van der Waals surface area (Å²) in [4.78, 5) is 54.1.